The predicted molar refractivity (Wildman–Crippen MR) is 136 cm³/mol. The third-order valence-corrected chi connectivity index (χ3v) is 7.48. The quantitative estimate of drug-likeness (QED) is 0.272. The molecule has 3 aromatic heterocycles. The maximum atomic E-state index is 14.4. The molecule has 1 saturated carbocycles. The number of rotatable bonds is 6. The number of hydrogen-bond donors (Lipinski definition) is 0. The van der Waals surface area contributed by atoms with Crippen molar-refractivity contribution in [1.82, 2.24) is 14.7 Å². The first-order chi connectivity index (χ1) is 16.8. The molecule has 0 radical (unpaired) electrons. The number of ketones is 1. The molecule has 6 heteroatoms. The molecule has 3 heterocycles. The van der Waals surface area contributed by atoms with Crippen molar-refractivity contribution in [3.63, 3.8) is 0 Å². The molecule has 35 heavy (non-hydrogen) atoms. The van der Waals surface area contributed by atoms with Crippen LogP contribution in [0.2, 0.25) is 0 Å². The normalized spacial score (nSPS) is 20.4. The topological polar surface area (TPSA) is 60.9 Å². The zero-order chi connectivity index (χ0) is 24.7. The fourth-order valence-electron chi connectivity index (χ4n) is 5.34. The van der Waals surface area contributed by atoms with Gasteiger partial charge in [0.2, 0.25) is 0 Å². The summed E-state index contributed by atoms with van der Waals surface area (Å²) in [5, 5.41) is 4.11. The number of carbonyl (C=O) groups is 1. The van der Waals surface area contributed by atoms with Crippen LogP contribution in [-0.2, 0) is 6.54 Å². The molecule has 1 aromatic carbocycles. The predicted octanol–water partition coefficient (Wildman–Crippen LogP) is 7.49. The molecule has 0 amide bonds. The Morgan fingerprint density at radius 1 is 1.17 bits per heavy atom. The van der Waals surface area contributed by atoms with E-state index in [1.165, 1.54) is 0 Å². The lowest BCUT2D eigenvalue weighted by Crippen LogP contribution is -2.27. The van der Waals surface area contributed by atoms with Crippen LogP contribution in [-0.4, -0.2) is 26.2 Å². The van der Waals surface area contributed by atoms with Gasteiger partial charge in [-0.05, 0) is 64.0 Å². The Hall–Kier alpha value is -3.28. The number of aryl methyl sites for hydroxylation is 2. The number of Topliss-reactive ketones (excluding diaryl/α,β-unsaturated/α-hetero) is 1. The minimum atomic E-state index is -1.05. The second-order valence-electron chi connectivity index (χ2n) is 10.2. The summed E-state index contributed by atoms with van der Waals surface area (Å²) < 4.78 is 22.1. The van der Waals surface area contributed by atoms with Gasteiger partial charge in [-0.3, -0.25) is 9.78 Å². The largest absolute Gasteiger partial charge is 0.361 e. The summed E-state index contributed by atoms with van der Waals surface area (Å²) in [6, 6.07) is 9.95. The number of aromatic nitrogens is 3. The third-order valence-electron chi connectivity index (χ3n) is 7.48. The number of nitrogens with zero attached hydrogens (tertiary/aromatic N) is 3. The number of hydrogen-bond acceptors (Lipinski definition) is 4. The maximum Gasteiger partial charge on any atom is 0.162 e. The number of alkyl halides is 1. The summed E-state index contributed by atoms with van der Waals surface area (Å²) >= 11 is 0. The summed E-state index contributed by atoms with van der Waals surface area (Å²) in [6.07, 6.45) is 7.52. The monoisotopic (exact) mass is 473 g/mol. The van der Waals surface area contributed by atoms with E-state index in [2.05, 4.69) is 22.0 Å². The third kappa shape index (κ3) is 4.54. The first-order valence-electron chi connectivity index (χ1n) is 12.5. The van der Waals surface area contributed by atoms with Crippen LogP contribution in [0.25, 0.3) is 33.3 Å². The summed E-state index contributed by atoms with van der Waals surface area (Å²) in [7, 11) is 0. The van der Waals surface area contributed by atoms with Crippen molar-refractivity contribution in [2.45, 2.75) is 72.0 Å². The zero-order valence-corrected chi connectivity index (χ0v) is 20.9. The van der Waals surface area contributed by atoms with Crippen molar-refractivity contribution in [3.05, 3.63) is 59.7 Å². The Bertz CT molecular complexity index is 1350. The van der Waals surface area contributed by atoms with E-state index in [1.807, 2.05) is 51.2 Å². The highest BCUT2D eigenvalue weighted by Crippen LogP contribution is 2.38. The minimum absolute atomic E-state index is 0.137. The van der Waals surface area contributed by atoms with E-state index in [9.17, 15) is 9.18 Å². The Labute approximate surface area is 205 Å². The molecule has 1 fully saturated rings. The summed E-state index contributed by atoms with van der Waals surface area (Å²) in [5.74, 6) is 1.33. The van der Waals surface area contributed by atoms with Gasteiger partial charge >= 0.3 is 0 Å². The first-order valence-corrected chi connectivity index (χ1v) is 12.5. The molecule has 5 nitrogen and oxygen atoms in total. The lowest BCUT2D eigenvalue weighted by atomic mass is 9.81. The Morgan fingerprint density at radius 2 is 1.89 bits per heavy atom. The second-order valence-corrected chi connectivity index (χ2v) is 10.2. The van der Waals surface area contributed by atoms with Crippen molar-refractivity contribution in [2.24, 2.45) is 5.92 Å². The van der Waals surface area contributed by atoms with Gasteiger partial charge in [0.1, 0.15) is 11.4 Å². The smallest absolute Gasteiger partial charge is 0.162 e. The Kier molecular flexibility index (Phi) is 6.07. The standard InChI is InChI=1S/C29H32FN3O2/c1-5-26(34)22-8-6-21(7-9-22)24-17-33(16-20-10-12-29(4,30)13-11-20)25-14-23(15-31-28(24)25)27-18(2)32-35-19(27)3/h6-9,14-15,17,20H,5,10-13,16H2,1-4H3. The molecule has 0 saturated heterocycles. The van der Waals surface area contributed by atoms with Gasteiger partial charge in [-0.1, -0.05) is 36.3 Å². The molecule has 1 aliphatic carbocycles. The van der Waals surface area contributed by atoms with E-state index in [-0.39, 0.29) is 5.78 Å². The van der Waals surface area contributed by atoms with Gasteiger partial charge in [0, 0.05) is 47.6 Å². The summed E-state index contributed by atoms with van der Waals surface area (Å²) in [4.78, 5) is 17.0. The highest BCUT2D eigenvalue weighted by molar-refractivity contribution is 5.98. The van der Waals surface area contributed by atoms with Gasteiger partial charge in [-0.2, -0.15) is 0 Å². The summed E-state index contributed by atoms with van der Waals surface area (Å²) in [5.41, 5.74) is 6.49. The van der Waals surface area contributed by atoms with Crippen LogP contribution in [0, 0.1) is 19.8 Å². The fourth-order valence-corrected chi connectivity index (χ4v) is 5.34. The van der Waals surface area contributed by atoms with E-state index >= 15 is 0 Å². The van der Waals surface area contributed by atoms with Crippen LogP contribution in [0.1, 0.15) is 67.8 Å². The fraction of sp³-hybridized carbons (Fsp3) is 0.414. The van der Waals surface area contributed by atoms with Gasteiger partial charge < -0.3 is 9.09 Å². The molecule has 0 aliphatic heterocycles. The number of pyridine rings is 1. The molecule has 0 spiro atoms. The highest BCUT2D eigenvalue weighted by Gasteiger charge is 2.31. The molecule has 0 unspecified atom stereocenters. The van der Waals surface area contributed by atoms with Crippen molar-refractivity contribution in [1.29, 1.82) is 0 Å². The average Bonchev–Trinajstić information content (AvgIpc) is 3.38. The van der Waals surface area contributed by atoms with Crippen molar-refractivity contribution < 1.29 is 13.7 Å². The van der Waals surface area contributed by atoms with Crippen LogP contribution in [0.4, 0.5) is 4.39 Å². The first kappa shape index (κ1) is 23.5. The Balaban J connectivity index is 1.58. The van der Waals surface area contributed by atoms with Crippen LogP contribution >= 0.6 is 0 Å². The minimum Gasteiger partial charge on any atom is -0.361 e. The van der Waals surface area contributed by atoms with Gasteiger partial charge in [-0.25, -0.2) is 4.39 Å². The van der Waals surface area contributed by atoms with Crippen molar-refractivity contribution >= 4 is 16.8 Å². The molecule has 0 N–H and O–H groups in total. The lowest BCUT2D eigenvalue weighted by Gasteiger charge is -2.31. The van der Waals surface area contributed by atoms with E-state index in [0.717, 1.165) is 69.7 Å². The number of carbonyl (C=O) groups excluding carboxylic acids is 1. The average molecular weight is 474 g/mol. The number of halogens is 1. The highest BCUT2D eigenvalue weighted by atomic mass is 19.1. The molecule has 0 atom stereocenters. The van der Waals surface area contributed by atoms with Crippen LogP contribution in [0.15, 0.2) is 47.2 Å². The molecule has 182 valence electrons. The lowest BCUT2D eigenvalue weighted by molar-refractivity contribution is 0.0981. The van der Waals surface area contributed by atoms with E-state index in [0.29, 0.717) is 25.2 Å². The van der Waals surface area contributed by atoms with Gasteiger partial charge in [-0.15, -0.1) is 0 Å². The van der Waals surface area contributed by atoms with E-state index in [4.69, 9.17) is 9.51 Å². The number of fused-ring (bicyclic) bond motifs is 1. The molecule has 5 rings (SSSR count). The van der Waals surface area contributed by atoms with Crippen LogP contribution in [0.3, 0.4) is 0 Å². The maximum absolute atomic E-state index is 14.4. The van der Waals surface area contributed by atoms with E-state index < -0.39 is 5.67 Å². The molecule has 0 bridgehead atoms. The number of benzene rings is 1. The van der Waals surface area contributed by atoms with Crippen LogP contribution in [0.5, 0.6) is 0 Å². The van der Waals surface area contributed by atoms with Crippen molar-refractivity contribution in [2.75, 3.05) is 0 Å². The second kappa shape index (κ2) is 9.06. The zero-order valence-electron chi connectivity index (χ0n) is 20.9. The molecule has 4 aromatic rings. The summed E-state index contributed by atoms with van der Waals surface area (Å²) in [6.45, 7) is 8.28. The van der Waals surface area contributed by atoms with Gasteiger partial charge in [0.25, 0.3) is 0 Å². The van der Waals surface area contributed by atoms with Gasteiger partial charge in [0.05, 0.1) is 16.7 Å². The molecule has 1 aliphatic rings. The van der Waals surface area contributed by atoms with Gasteiger partial charge in [0.15, 0.2) is 5.78 Å². The SMILES string of the molecule is CCC(=O)c1ccc(-c2cn(CC3CCC(C)(F)CC3)c3cc(-c4c(C)noc4C)cnc23)cc1. The Morgan fingerprint density at radius 3 is 2.51 bits per heavy atom. The molecular weight excluding hydrogens is 441 g/mol. The van der Waals surface area contributed by atoms with Crippen molar-refractivity contribution in [3.8, 4) is 22.3 Å². The van der Waals surface area contributed by atoms with E-state index in [1.54, 1.807) is 6.92 Å². The molecular formula is C29H32FN3O2. The van der Waals surface area contributed by atoms with Crippen LogP contribution < -0.4 is 0 Å².